The van der Waals surface area contributed by atoms with Gasteiger partial charge in [-0.2, -0.15) is 0 Å². The quantitative estimate of drug-likeness (QED) is 0.269. The molecule has 0 saturated heterocycles. The van der Waals surface area contributed by atoms with Gasteiger partial charge in [0.25, 0.3) is 0 Å². The average Bonchev–Trinajstić information content (AvgIpc) is 2.81. The van der Waals surface area contributed by atoms with Crippen LogP contribution in [0.2, 0.25) is 0 Å². The lowest BCUT2D eigenvalue weighted by Crippen LogP contribution is -1.84. The summed E-state index contributed by atoms with van der Waals surface area (Å²) in [4.78, 5) is 0. The molecular weight excluding hydrogens is 360 g/mol. The smallest absolute Gasteiger partial charge is 0.00268 e. The van der Waals surface area contributed by atoms with E-state index in [1.807, 2.05) is 0 Å². The molecule has 0 aliphatic carbocycles. The minimum atomic E-state index is 1.19. The summed E-state index contributed by atoms with van der Waals surface area (Å²) in [5, 5.41) is 5.08. The number of fused-ring (bicyclic) bond motifs is 2. The van der Waals surface area contributed by atoms with Crippen molar-refractivity contribution in [3.63, 3.8) is 0 Å². The lowest BCUT2D eigenvalue weighted by molar-refractivity contribution is 1.63. The maximum Gasteiger partial charge on any atom is -0.00268 e. The Kier molecular flexibility index (Phi) is 4.98. The molecule has 0 unspecified atom stereocenters. The zero-order valence-electron chi connectivity index (χ0n) is 16.7. The molecule has 0 heterocycles. The molecule has 0 saturated carbocycles. The van der Waals surface area contributed by atoms with Crippen LogP contribution >= 0.6 is 0 Å². The van der Waals surface area contributed by atoms with Gasteiger partial charge in [0.2, 0.25) is 0 Å². The highest BCUT2D eigenvalue weighted by Crippen LogP contribution is 2.36. The summed E-state index contributed by atoms with van der Waals surface area (Å²) in [6, 6.07) is 47.4. The summed E-state index contributed by atoms with van der Waals surface area (Å²) in [6.45, 7) is 0. The molecule has 0 N–H and O–H groups in total. The highest BCUT2D eigenvalue weighted by atomic mass is 14.1. The third-order valence-electron chi connectivity index (χ3n) is 5.49. The van der Waals surface area contributed by atoms with Gasteiger partial charge in [0, 0.05) is 0 Å². The summed E-state index contributed by atoms with van der Waals surface area (Å²) in [6.07, 6.45) is 0. The molecule has 0 spiro atoms. The predicted molar refractivity (Wildman–Crippen MR) is 130 cm³/mol. The van der Waals surface area contributed by atoms with E-state index in [4.69, 9.17) is 0 Å². The molecule has 0 atom stereocenters. The highest BCUT2D eigenvalue weighted by Gasteiger charge is 2.08. The van der Waals surface area contributed by atoms with Crippen LogP contribution < -0.4 is 0 Å². The molecule has 5 rings (SSSR count). The van der Waals surface area contributed by atoms with Crippen LogP contribution in [-0.4, -0.2) is 0 Å². The van der Waals surface area contributed by atoms with E-state index in [1.165, 1.54) is 43.8 Å². The van der Waals surface area contributed by atoms with Crippen LogP contribution in [0.3, 0.4) is 0 Å². The Morgan fingerprint density at radius 2 is 0.700 bits per heavy atom. The molecule has 30 heavy (non-hydrogen) atoms. The first-order chi connectivity index (χ1) is 14.9. The van der Waals surface area contributed by atoms with Crippen molar-refractivity contribution < 1.29 is 0 Å². The van der Waals surface area contributed by atoms with Gasteiger partial charge >= 0.3 is 0 Å². The van der Waals surface area contributed by atoms with Gasteiger partial charge in [-0.1, -0.05) is 127 Å². The molecule has 0 aliphatic rings. The molecule has 0 bridgehead atoms. The molecule has 0 nitrogen and oxygen atoms in total. The van der Waals surface area contributed by atoms with Crippen LogP contribution in [0, 0.1) is 0 Å². The van der Waals surface area contributed by atoms with Gasteiger partial charge in [0.1, 0.15) is 0 Å². The van der Waals surface area contributed by atoms with Crippen molar-refractivity contribution in [1.82, 2.24) is 0 Å². The van der Waals surface area contributed by atoms with E-state index in [0.29, 0.717) is 0 Å². The van der Waals surface area contributed by atoms with E-state index in [2.05, 4.69) is 133 Å². The SMILES string of the molecule is c1ccc(-c2ccccccc(-c3c4ccccc4cc4ccccc34)cc2)cc1. The Hall–Kier alpha value is -3.90. The average molecular weight is 383 g/mol. The Bertz CT molecular complexity index is 1330. The van der Waals surface area contributed by atoms with E-state index < -0.39 is 0 Å². The fourth-order valence-corrected chi connectivity index (χ4v) is 4.05. The summed E-state index contributed by atoms with van der Waals surface area (Å²) >= 11 is 0. The van der Waals surface area contributed by atoms with Gasteiger partial charge in [-0.15, -0.1) is 0 Å². The fourth-order valence-electron chi connectivity index (χ4n) is 4.05. The monoisotopic (exact) mass is 382 g/mol. The standard InChI is InChI=1S/C30H22/c1-2-5-15-25(21-20-24(14-4-1)23-12-6-3-7-13-23)30-28-18-10-8-16-26(28)22-27-17-9-11-19-29(27)30/h1-22H. The van der Waals surface area contributed by atoms with Gasteiger partial charge in [0.15, 0.2) is 0 Å². The summed E-state index contributed by atoms with van der Waals surface area (Å²) in [5.74, 6) is 0. The molecular formula is C30H22. The Morgan fingerprint density at radius 1 is 0.300 bits per heavy atom. The third kappa shape index (κ3) is 3.56. The van der Waals surface area contributed by atoms with Crippen molar-refractivity contribution in [1.29, 1.82) is 0 Å². The lowest BCUT2D eigenvalue weighted by atomic mass is 9.92. The maximum absolute atomic E-state index is 2.28. The molecule has 0 heteroatoms. The second-order valence-electron chi connectivity index (χ2n) is 7.41. The van der Waals surface area contributed by atoms with Gasteiger partial charge < -0.3 is 0 Å². The summed E-state index contributed by atoms with van der Waals surface area (Å²) < 4.78 is 0. The Balaban J connectivity index is 1.84. The number of rotatable bonds is 2. The van der Waals surface area contributed by atoms with E-state index in [9.17, 15) is 0 Å². The van der Waals surface area contributed by atoms with Gasteiger partial charge in [-0.25, -0.2) is 0 Å². The molecule has 142 valence electrons. The van der Waals surface area contributed by atoms with E-state index in [0.717, 1.165) is 0 Å². The molecule has 0 amide bonds. The third-order valence-corrected chi connectivity index (χ3v) is 5.49. The van der Waals surface area contributed by atoms with Crippen molar-refractivity contribution in [2.75, 3.05) is 0 Å². The number of hydrogen-bond donors (Lipinski definition) is 0. The van der Waals surface area contributed by atoms with Gasteiger partial charge in [-0.05, 0) is 49.9 Å². The van der Waals surface area contributed by atoms with Crippen LogP contribution in [0.15, 0.2) is 133 Å². The van der Waals surface area contributed by atoms with Crippen molar-refractivity contribution in [3.05, 3.63) is 133 Å². The maximum atomic E-state index is 2.28. The second kappa shape index (κ2) is 8.23. The van der Waals surface area contributed by atoms with Gasteiger partial charge in [0.05, 0.1) is 0 Å². The highest BCUT2D eigenvalue weighted by molar-refractivity contribution is 6.12. The first-order valence-electron chi connectivity index (χ1n) is 10.3. The first-order valence-corrected chi connectivity index (χ1v) is 10.3. The zero-order valence-corrected chi connectivity index (χ0v) is 16.7. The predicted octanol–water partition coefficient (Wildman–Crippen LogP) is 8.45. The number of benzene rings is 4. The van der Waals surface area contributed by atoms with Crippen LogP contribution in [0.4, 0.5) is 0 Å². The lowest BCUT2D eigenvalue weighted by Gasteiger charge is -2.11. The molecule has 5 aromatic carbocycles. The van der Waals surface area contributed by atoms with E-state index >= 15 is 0 Å². The molecule has 0 aliphatic heterocycles. The van der Waals surface area contributed by atoms with Crippen molar-refractivity contribution in [2.45, 2.75) is 0 Å². The Morgan fingerprint density at radius 3 is 1.30 bits per heavy atom. The minimum Gasteiger partial charge on any atom is -0.0622 e. The van der Waals surface area contributed by atoms with E-state index in [1.54, 1.807) is 0 Å². The summed E-state index contributed by atoms with van der Waals surface area (Å²) in [7, 11) is 0. The van der Waals surface area contributed by atoms with Crippen molar-refractivity contribution in [2.24, 2.45) is 0 Å². The summed E-state index contributed by atoms with van der Waals surface area (Å²) in [5.41, 5.74) is 4.89. The van der Waals surface area contributed by atoms with E-state index in [-0.39, 0.29) is 0 Å². The fraction of sp³-hybridized carbons (Fsp3) is 0. The Labute approximate surface area is 177 Å². The van der Waals surface area contributed by atoms with Crippen LogP contribution in [-0.2, 0) is 0 Å². The topological polar surface area (TPSA) is 0 Å². The van der Waals surface area contributed by atoms with Crippen LogP contribution in [0.5, 0.6) is 0 Å². The second-order valence-corrected chi connectivity index (χ2v) is 7.41. The minimum absolute atomic E-state index is 1.19. The molecule has 0 radical (unpaired) electrons. The van der Waals surface area contributed by atoms with Crippen LogP contribution in [0.25, 0.3) is 43.8 Å². The largest absolute Gasteiger partial charge is 0.0622 e. The van der Waals surface area contributed by atoms with Crippen LogP contribution in [0.1, 0.15) is 0 Å². The number of hydrogen-bond acceptors (Lipinski definition) is 0. The van der Waals surface area contributed by atoms with Crippen molar-refractivity contribution >= 4 is 21.5 Å². The first kappa shape index (κ1) is 18.1. The van der Waals surface area contributed by atoms with Crippen molar-refractivity contribution in [3.8, 4) is 22.3 Å². The normalized spacial score (nSPS) is 10.7. The zero-order chi connectivity index (χ0) is 20.2. The molecule has 5 aromatic rings. The van der Waals surface area contributed by atoms with Gasteiger partial charge in [-0.3, -0.25) is 0 Å². The molecule has 0 aromatic heterocycles. The molecule has 0 fully saturated rings.